The van der Waals surface area contributed by atoms with Crippen LogP contribution in [0.25, 0.3) is 0 Å². The van der Waals surface area contributed by atoms with E-state index in [0.717, 1.165) is 11.6 Å². The third-order valence-electron chi connectivity index (χ3n) is 4.20. The Kier molecular flexibility index (Phi) is 4.59. The molecule has 1 fully saturated rings. The first-order valence-corrected chi connectivity index (χ1v) is 7.12. The van der Waals surface area contributed by atoms with Crippen LogP contribution in [0.3, 0.4) is 0 Å². The topological polar surface area (TPSA) is 28.2 Å². The average Bonchev–Trinajstić information content (AvgIpc) is 2.47. The molecule has 2 rings (SSSR count). The number of anilines is 1. The summed E-state index contributed by atoms with van der Waals surface area (Å²) in [4.78, 5) is 7.02. The molecule has 0 amide bonds. The second-order valence-electron chi connectivity index (χ2n) is 5.29. The van der Waals surface area contributed by atoms with Gasteiger partial charge in [-0.15, -0.1) is 0 Å². The van der Waals surface area contributed by atoms with E-state index in [1.165, 1.54) is 38.0 Å². The molecule has 0 saturated carbocycles. The first-order valence-electron chi connectivity index (χ1n) is 7.12. The molecule has 0 bridgehead atoms. The quantitative estimate of drug-likeness (QED) is 0.886. The Labute approximate surface area is 111 Å². The van der Waals surface area contributed by atoms with E-state index in [0.29, 0.717) is 6.04 Å². The molecule has 100 valence electrons. The zero-order valence-electron chi connectivity index (χ0n) is 11.8. The van der Waals surface area contributed by atoms with Crippen molar-refractivity contribution in [2.75, 3.05) is 25.0 Å². The standard InChI is InChI=1S/C15H25N3/c1-4-13-7-9-18(10-8-13)14-5-6-15(17-11-14)12(2)16-3/h5-6,11-13,16H,4,7-10H2,1-3H3. The molecule has 1 unspecified atom stereocenters. The monoisotopic (exact) mass is 247 g/mol. The van der Waals surface area contributed by atoms with E-state index in [1.54, 1.807) is 0 Å². The number of hydrogen-bond donors (Lipinski definition) is 1. The van der Waals surface area contributed by atoms with Crippen molar-refractivity contribution in [3.05, 3.63) is 24.0 Å². The van der Waals surface area contributed by atoms with Crippen molar-refractivity contribution in [1.82, 2.24) is 10.3 Å². The Balaban J connectivity index is 1.98. The van der Waals surface area contributed by atoms with Gasteiger partial charge in [0.1, 0.15) is 0 Å². The first-order chi connectivity index (χ1) is 8.74. The molecule has 1 aliphatic rings. The number of rotatable bonds is 4. The fourth-order valence-corrected chi connectivity index (χ4v) is 2.59. The number of hydrogen-bond acceptors (Lipinski definition) is 3. The fourth-order valence-electron chi connectivity index (χ4n) is 2.59. The van der Waals surface area contributed by atoms with Gasteiger partial charge in [0.05, 0.1) is 17.6 Å². The highest BCUT2D eigenvalue weighted by Crippen LogP contribution is 2.25. The van der Waals surface area contributed by atoms with Crippen molar-refractivity contribution < 1.29 is 0 Å². The number of piperidine rings is 1. The van der Waals surface area contributed by atoms with Gasteiger partial charge < -0.3 is 10.2 Å². The summed E-state index contributed by atoms with van der Waals surface area (Å²) < 4.78 is 0. The minimum absolute atomic E-state index is 0.324. The van der Waals surface area contributed by atoms with Crippen molar-refractivity contribution in [2.24, 2.45) is 5.92 Å². The van der Waals surface area contributed by atoms with E-state index in [1.807, 2.05) is 13.2 Å². The van der Waals surface area contributed by atoms with Crippen LogP contribution in [-0.2, 0) is 0 Å². The van der Waals surface area contributed by atoms with Gasteiger partial charge in [-0.25, -0.2) is 0 Å². The summed E-state index contributed by atoms with van der Waals surface area (Å²) in [6, 6.07) is 4.68. The third-order valence-corrected chi connectivity index (χ3v) is 4.20. The molecule has 3 nitrogen and oxygen atoms in total. The SMILES string of the molecule is CCC1CCN(c2ccc(C(C)NC)nc2)CC1. The Morgan fingerprint density at radius 1 is 1.39 bits per heavy atom. The number of pyridine rings is 1. The summed E-state index contributed by atoms with van der Waals surface area (Å²) >= 11 is 0. The van der Waals surface area contributed by atoms with Crippen LogP contribution in [0, 0.1) is 5.92 Å². The van der Waals surface area contributed by atoms with E-state index in [2.05, 4.69) is 41.2 Å². The molecule has 0 aliphatic carbocycles. The van der Waals surface area contributed by atoms with Crippen molar-refractivity contribution in [3.63, 3.8) is 0 Å². The molecule has 1 aromatic heterocycles. The maximum absolute atomic E-state index is 4.56. The van der Waals surface area contributed by atoms with Gasteiger partial charge in [-0.2, -0.15) is 0 Å². The lowest BCUT2D eigenvalue weighted by Crippen LogP contribution is -2.33. The minimum Gasteiger partial charge on any atom is -0.370 e. The predicted molar refractivity (Wildman–Crippen MR) is 76.9 cm³/mol. The Bertz CT molecular complexity index is 353. The maximum atomic E-state index is 4.56. The van der Waals surface area contributed by atoms with Gasteiger partial charge in [0.25, 0.3) is 0 Å². The van der Waals surface area contributed by atoms with Crippen molar-refractivity contribution >= 4 is 5.69 Å². The van der Waals surface area contributed by atoms with Crippen LogP contribution >= 0.6 is 0 Å². The summed E-state index contributed by atoms with van der Waals surface area (Å²) in [6.07, 6.45) is 6.00. The largest absolute Gasteiger partial charge is 0.370 e. The van der Waals surface area contributed by atoms with Crippen LogP contribution in [0.4, 0.5) is 5.69 Å². The molecule has 1 atom stereocenters. The summed E-state index contributed by atoms with van der Waals surface area (Å²) in [5.74, 6) is 0.929. The van der Waals surface area contributed by atoms with Gasteiger partial charge in [0, 0.05) is 19.1 Å². The lowest BCUT2D eigenvalue weighted by molar-refractivity contribution is 0.395. The van der Waals surface area contributed by atoms with Gasteiger partial charge in [-0.05, 0) is 44.9 Å². The number of aromatic nitrogens is 1. The Morgan fingerprint density at radius 2 is 2.11 bits per heavy atom. The van der Waals surface area contributed by atoms with Gasteiger partial charge in [0.2, 0.25) is 0 Å². The highest BCUT2D eigenvalue weighted by Gasteiger charge is 2.18. The molecule has 1 N–H and O–H groups in total. The van der Waals surface area contributed by atoms with Crippen molar-refractivity contribution in [2.45, 2.75) is 39.2 Å². The fraction of sp³-hybridized carbons (Fsp3) is 0.667. The predicted octanol–water partition coefficient (Wildman–Crippen LogP) is 2.99. The highest BCUT2D eigenvalue weighted by atomic mass is 15.1. The lowest BCUT2D eigenvalue weighted by Gasteiger charge is -2.33. The molecule has 0 spiro atoms. The summed E-state index contributed by atoms with van der Waals surface area (Å²) in [7, 11) is 1.97. The normalized spacial score (nSPS) is 18.9. The average molecular weight is 247 g/mol. The van der Waals surface area contributed by atoms with E-state index in [4.69, 9.17) is 0 Å². The molecular formula is C15H25N3. The molecule has 18 heavy (non-hydrogen) atoms. The van der Waals surface area contributed by atoms with Crippen LogP contribution in [-0.4, -0.2) is 25.1 Å². The molecule has 0 aromatic carbocycles. The van der Waals surface area contributed by atoms with Crippen LogP contribution < -0.4 is 10.2 Å². The number of nitrogens with zero attached hydrogens (tertiary/aromatic N) is 2. The molecule has 0 radical (unpaired) electrons. The van der Waals surface area contributed by atoms with E-state index in [-0.39, 0.29) is 0 Å². The van der Waals surface area contributed by atoms with Crippen LogP contribution in [0.2, 0.25) is 0 Å². The molecule has 3 heteroatoms. The summed E-state index contributed by atoms with van der Waals surface area (Å²) in [6.45, 7) is 6.80. The second-order valence-corrected chi connectivity index (χ2v) is 5.29. The van der Waals surface area contributed by atoms with Crippen LogP contribution in [0.1, 0.15) is 44.8 Å². The van der Waals surface area contributed by atoms with E-state index in [9.17, 15) is 0 Å². The zero-order chi connectivity index (χ0) is 13.0. The Morgan fingerprint density at radius 3 is 2.61 bits per heavy atom. The maximum Gasteiger partial charge on any atom is 0.0571 e. The highest BCUT2D eigenvalue weighted by molar-refractivity contribution is 5.45. The van der Waals surface area contributed by atoms with Gasteiger partial charge >= 0.3 is 0 Å². The van der Waals surface area contributed by atoms with Crippen molar-refractivity contribution in [3.8, 4) is 0 Å². The lowest BCUT2D eigenvalue weighted by atomic mass is 9.94. The van der Waals surface area contributed by atoms with E-state index < -0.39 is 0 Å². The smallest absolute Gasteiger partial charge is 0.0571 e. The Hall–Kier alpha value is -1.09. The number of nitrogens with one attached hydrogen (secondary N) is 1. The molecule has 1 aliphatic heterocycles. The van der Waals surface area contributed by atoms with E-state index >= 15 is 0 Å². The summed E-state index contributed by atoms with van der Waals surface area (Å²) in [5, 5.41) is 3.22. The van der Waals surface area contributed by atoms with Crippen LogP contribution in [0.15, 0.2) is 18.3 Å². The zero-order valence-corrected chi connectivity index (χ0v) is 11.8. The van der Waals surface area contributed by atoms with Crippen LogP contribution in [0.5, 0.6) is 0 Å². The summed E-state index contributed by atoms with van der Waals surface area (Å²) in [5.41, 5.74) is 2.39. The van der Waals surface area contributed by atoms with Gasteiger partial charge in [-0.1, -0.05) is 13.3 Å². The van der Waals surface area contributed by atoms with Crippen molar-refractivity contribution in [1.29, 1.82) is 0 Å². The second kappa shape index (κ2) is 6.19. The first kappa shape index (κ1) is 13.3. The van der Waals surface area contributed by atoms with Gasteiger partial charge in [0.15, 0.2) is 0 Å². The minimum atomic E-state index is 0.324. The molecule has 2 heterocycles. The van der Waals surface area contributed by atoms with Gasteiger partial charge in [-0.3, -0.25) is 4.98 Å². The molecule has 1 aromatic rings. The molecular weight excluding hydrogens is 222 g/mol. The molecule has 1 saturated heterocycles. The third kappa shape index (κ3) is 3.02.